The Labute approximate surface area is 128 Å². The lowest BCUT2D eigenvalue weighted by Crippen LogP contribution is -2.06. The molecule has 0 bridgehead atoms. The molecule has 22 heavy (non-hydrogen) atoms. The maximum absolute atomic E-state index is 11.2. The molecule has 3 aromatic rings. The Bertz CT molecular complexity index is 840. The number of hydrogen-bond donors (Lipinski definition) is 2. The third-order valence-electron chi connectivity index (χ3n) is 3.35. The second kappa shape index (κ2) is 5.81. The van der Waals surface area contributed by atoms with Crippen molar-refractivity contribution < 1.29 is 4.79 Å². The van der Waals surface area contributed by atoms with Gasteiger partial charge in [-0.3, -0.25) is 4.79 Å². The first kappa shape index (κ1) is 14.0. The number of nitrogens with zero attached hydrogens (tertiary/aromatic N) is 2. The largest absolute Gasteiger partial charge is 0.339 e. The normalized spacial score (nSPS) is 10.5. The van der Waals surface area contributed by atoms with E-state index in [1.54, 1.807) is 0 Å². The van der Waals surface area contributed by atoms with Gasteiger partial charge in [-0.05, 0) is 36.8 Å². The molecule has 0 saturated heterocycles. The number of benzene rings is 2. The quantitative estimate of drug-likeness (QED) is 0.773. The predicted molar refractivity (Wildman–Crippen MR) is 88.3 cm³/mol. The lowest BCUT2D eigenvalue weighted by atomic mass is 10.1. The fourth-order valence-corrected chi connectivity index (χ4v) is 2.27. The van der Waals surface area contributed by atoms with Crippen LogP contribution >= 0.6 is 0 Å². The predicted octanol–water partition coefficient (Wildman–Crippen LogP) is 3.64. The number of hydrogen-bond acceptors (Lipinski definition) is 4. The highest BCUT2D eigenvalue weighted by molar-refractivity contribution is 5.92. The lowest BCUT2D eigenvalue weighted by molar-refractivity contribution is -0.114. The Morgan fingerprint density at radius 3 is 2.73 bits per heavy atom. The zero-order valence-corrected chi connectivity index (χ0v) is 12.4. The molecule has 2 aromatic carbocycles. The van der Waals surface area contributed by atoms with E-state index in [1.165, 1.54) is 13.3 Å². The molecule has 5 heteroatoms. The number of aromatic nitrogens is 2. The maximum Gasteiger partial charge on any atom is 0.221 e. The van der Waals surface area contributed by atoms with Crippen molar-refractivity contribution in [1.29, 1.82) is 0 Å². The fourth-order valence-electron chi connectivity index (χ4n) is 2.27. The second-order valence-electron chi connectivity index (χ2n) is 5.08. The molecule has 0 unspecified atom stereocenters. The molecule has 2 N–H and O–H groups in total. The molecular weight excluding hydrogens is 276 g/mol. The van der Waals surface area contributed by atoms with Crippen molar-refractivity contribution in [3.8, 4) is 0 Å². The van der Waals surface area contributed by atoms with Crippen LogP contribution in [-0.2, 0) is 4.79 Å². The minimum absolute atomic E-state index is 0.0951. The van der Waals surface area contributed by atoms with E-state index in [0.29, 0.717) is 0 Å². The first-order chi connectivity index (χ1) is 10.6. The van der Waals surface area contributed by atoms with Crippen LogP contribution in [0.2, 0.25) is 0 Å². The van der Waals surface area contributed by atoms with Gasteiger partial charge >= 0.3 is 0 Å². The summed E-state index contributed by atoms with van der Waals surface area (Å²) < 4.78 is 0. The van der Waals surface area contributed by atoms with E-state index in [2.05, 4.69) is 20.6 Å². The maximum atomic E-state index is 11.2. The minimum Gasteiger partial charge on any atom is -0.339 e. The van der Waals surface area contributed by atoms with E-state index in [1.807, 2.05) is 49.4 Å². The van der Waals surface area contributed by atoms with E-state index in [-0.39, 0.29) is 5.91 Å². The van der Waals surface area contributed by atoms with Gasteiger partial charge in [-0.25, -0.2) is 9.97 Å². The van der Waals surface area contributed by atoms with Gasteiger partial charge in [0, 0.05) is 23.7 Å². The first-order valence-corrected chi connectivity index (χ1v) is 6.98. The SMILES string of the molecule is CC(=O)Nc1ccc(C)c(Nc2ncnc3ccccc23)c1. The summed E-state index contributed by atoms with van der Waals surface area (Å²) in [6.45, 7) is 3.49. The molecule has 0 aliphatic rings. The number of para-hydroxylation sites is 1. The van der Waals surface area contributed by atoms with Crippen molar-refractivity contribution in [1.82, 2.24) is 9.97 Å². The molecule has 110 valence electrons. The van der Waals surface area contributed by atoms with Gasteiger partial charge in [-0.15, -0.1) is 0 Å². The Morgan fingerprint density at radius 2 is 1.91 bits per heavy atom. The summed E-state index contributed by atoms with van der Waals surface area (Å²) in [5, 5.41) is 7.06. The Morgan fingerprint density at radius 1 is 1.09 bits per heavy atom. The number of nitrogens with one attached hydrogen (secondary N) is 2. The van der Waals surface area contributed by atoms with Crippen molar-refractivity contribution in [3.63, 3.8) is 0 Å². The molecule has 0 atom stereocenters. The van der Waals surface area contributed by atoms with E-state index >= 15 is 0 Å². The molecule has 0 aliphatic carbocycles. The molecular formula is C17H16N4O. The molecule has 1 aromatic heterocycles. The number of aryl methyl sites for hydroxylation is 1. The van der Waals surface area contributed by atoms with Crippen molar-refractivity contribution in [2.24, 2.45) is 0 Å². The number of amides is 1. The molecule has 0 saturated carbocycles. The third kappa shape index (κ3) is 2.88. The van der Waals surface area contributed by atoms with Crippen molar-refractivity contribution in [2.45, 2.75) is 13.8 Å². The van der Waals surface area contributed by atoms with Gasteiger partial charge in [0.25, 0.3) is 0 Å². The summed E-state index contributed by atoms with van der Waals surface area (Å²) in [4.78, 5) is 19.8. The highest BCUT2D eigenvalue weighted by Gasteiger charge is 2.06. The van der Waals surface area contributed by atoms with Crippen LogP contribution in [-0.4, -0.2) is 15.9 Å². The lowest BCUT2D eigenvalue weighted by Gasteiger charge is -2.12. The summed E-state index contributed by atoms with van der Waals surface area (Å²) in [7, 11) is 0. The zero-order valence-electron chi connectivity index (χ0n) is 12.4. The fraction of sp³-hybridized carbons (Fsp3) is 0.118. The van der Waals surface area contributed by atoms with E-state index in [9.17, 15) is 4.79 Å². The van der Waals surface area contributed by atoms with Crippen molar-refractivity contribution >= 4 is 34.0 Å². The molecule has 0 spiro atoms. The van der Waals surface area contributed by atoms with E-state index < -0.39 is 0 Å². The summed E-state index contributed by atoms with van der Waals surface area (Å²) in [6.07, 6.45) is 1.54. The van der Waals surface area contributed by atoms with Gasteiger partial charge in [-0.1, -0.05) is 18.2 Å². The van der Waals surface area contributed by atoms with Gasteiger partial charge in [0.15, 0.2) is 0 Å². The van der Waals surface area contributed by atoms with E-state index in [4.69, 9.17) is 0 Å². The van der Waals surface area contributed by atoms with Gasteiger partial charge < -0.3 is 10.6 Å². The monoisotopic (exact) mass is 292 g/mol. The highest BCUT2D eigenvalue weighted by atomic mass is 16.1. The number of fused-ring (bicyclic) bond motifs is 1. The molecule has 0 aliphatic heterocycles. The summed E-state index contributed by atoms with van der Waals surface area (Å²) in [6, 6.07) is 13.6. The average Bonchev–Trinajstić information content (AvgIpc) is 2.50. The van der Waals surface area contributed by atoms with Crippen LogP contribution in [0.3, 0.4) is 0 Å². The van der Waals surface area contributed by atoms with Crippen LogP contribution in [0.15, 0.2) is 48.8 Å². The molecule has 1 amide bonds. The second-order valence-corrected chi connectivity index (χ2v) is 5.08. The number of anilines is 3. The Kier molecular flexibility index (Phi) is 3.70. The average molecular weight is 292 g/mol. The van der Waals surface area contributed by atoms with Crippen LogP contribution in [0.4, 0.5) is 17.2 Å². The third-order valence-corrected chi connectivity index (χ3v) is 3.35. The van der Waals surface area contributed by atoms with Gasteiger partial charge in [-0.2, -0.15) is 0 Å². The van der Waals surface area contributed by atoms with Crippen LogP contribution in [0.1, 0.15) is 12.5 Å². The van der Waals surface area contributed by atoms with Crippen LogP contribution in [0, 0.1) is 6.92 Å². The summed E-state index contributed by atoms with van der Waals surface area (Å²) >= 11 is 0. The molecule has 0 fully saturated rings. The van der Waals surface area contributed by atoms with Crippen molar-refractivity contribution in [3.05, 3.63) is 54.4 Å². The van der Waals surface area contributed by atoms with Crippen LogP contribution in [0.5, 0.6) is 0 Å². The Hall–Kier alpha value is -2.95. The van der Waals surface area contributed by atoms with Crippen LogP contribution < -0.4 is 10.6 Å². The molecule has 3 rings (SSSR count). The minimum atomic E-state index is -0.0951. The number of carbonyl (C=O) groups is 1. The van der Waals surface area contributed by atoms with Crippen molar-refractivity contribution in [2.75, 3.05) is 10.6 Å². The van der Waals surface area contributed by atoms with Gasteiger partial charge in [0.2, 0.25) is 5.91 Å². The number of carbonyl (C=O) groups excluding carboxylic acids is 1. The number of rotatable bonds is 3. The van der Waals surface area contributed by atoms with Gasteiger partial charge in [0.05, 0.1) is 5.52 Å². The molecule has 5 nitrogen and oxygen atoms in total. The van der Waals surface area contributed by atoms with E-state index in [0.717, 1.165) is 33.7 Å². The summed E-state index contributed by atoms with van der Waals surface area (Å²) in [5.74, 6) is 0.649. The smallest absolute Gasteiger partial charge is 0.221 e. The Balaban J connectivity index is 1.99. The topological polar surface area (TPSA) is 66.9 Å². The standard InChI is InChI=1S/C17H16N4O/c1-11-7-8-13(20-12(2)22)9-16(11)21-17-14-5-3-4-6-15(14)18-10-19-17/h3-10H,1-2H3,(H,20,22)(H,18,19,21). The first-order valence-electron chi connectivity index (χ1n) is 6.98. The molecule has 1 heterocycles. The van der Waals surface area contributed by atoms with Gasteiger partial charge in [0.1, 0.15) is 12.1 Å². The van der Waals surface area contributed by atoms with Crippen LogP contribution in [0.25, 0.3) is 10.9 Å². The molecule has 0 radical (unpaired) electrons. The zero-order chi connectivity index (χ0) is 15.5. The highest BCUT2D eigenvalue weighted by Crippen LogP contribution is 2.26. The summed E-state index contributed by atoms with van der Waals surface area (Å²) in [5.41, 5.74) is 3.60.